The molecule has 0 saturated heterocycles. The van der Waals surface area contributed by atoms with Crippen molar-refractivity contribution >= 4 is 22.5 Å². The van der Waals surface area contributed by atoms with E-state index in [-0.39, 0.29) is 11.6 Å². The van der Waals surface area contributed by atoms with Crippen molar-refractivity contribution in [2.24, 2.45) is 0 Å². The van der Waals surface area contributed by atoms with E-state index in [0.717, 1.165) is 29.4 Å². The standard InChI is InChI=1S/C19H15FN2O/c20-15-6-2-4-8-17(15)22-19(23)14-11-18(12-9-10-12)21-16-7-3-1-5-13(14)16/h1-8,11-12H,9-10H2,(H,22,23). The molecule has 0 radical (unpaired) electrons. The van der Waals surface area contributed by atoms with E-state index in [2.05, 4.69) is 10.3 Å². The van der Waals surface area contributed by atoms with Crippen molar-refractivity contribution in [1.82, 2.24) is 4.98 Å². The molecule has 3 aromatic rings. The third kappa shape index (κ3) is 2.68. The number of rotatable bonds is 3. The minimum atomic E-state index is -0.443. The highest BCUT2D eigenvalue weighted by Gasteiger charge is 2.27. The Morgan fingerprint density at radius 3 is 2.61 bits per heavy atom. The molecule has 0 atom stereocenters. The molecular weight excluding hydrogens is 291 g/mol. The third-order valence-corrected chi connectivity index (χ3v) is 4.10. The predicted molar refractivity (Wildman–Crippen MR) is 88.1 cm³/mol. The molecule has 1 saturated carbocycles. The van der Waals surface area contributed by atoms with Gasteiger partial charge in [0, 0.05) is 17.0 Å². The van der Waals surface area contributed by atoms with E-state index < -0.39 is 5.82 Å². The van der Waals surface area contributed by atoms with Crippen molar-refractivity contribution in [3.8, 4) is 0 Å². The Balaban J connectivity index is 1.77. The van der Waals surface area contributed by atoms with Gasteiger partial charge in [0.2, 0.25) is 0 Å². The minimum absolute atomic E-state index is 0.186. The number of pyridine rings is 1. The number of anilines is 1. The molecule has 4 rings (SSSR count). The number of benzene rings is 2. The normalized spacial score (nSPS) is 14.0. The van der Waals surface area contributed by atoms with Crippen molar-refractivity contribution in [1.29, 1.82) is 0 Å². The van der Waals surface area contributed by atoms with Gasteiger partial charge >= 0.3 is 0 Å². The van der Waals surface area contributed by atoms with E-state index in [1.807, 2.05) is 30.3 Å². The lowest BCUT2D eigenvalue weighted by Gasteiger charge is -2.10. The SMILES string of the molecule is O=C(Nc1ccccc1F)c1cc(C2CC2)nc2ccccc12. The van der Waals surface area contributed by atoms with E-state index in [4.69, 9.17) is 0 Å². The molecule has 1 aliphatic rings. The molecule has 0 bridgehead atoms. The summed E-state index contributed by atoms with van der Waals surface area (Å²) in [5, 5.41) is 3.45. The second kappa shape index (κ2) is 5.47. The number of amides is 1. The van der Waals surface area contributed by atoms with Gasteiger partial charge < -0.3 is 5.32 Å². The highest BCUT2D eigenvalue weighted by molar-refractivity contribution is 6.12. The Morgan fingerprint density at radius 2 is 1.83 bits per heavy atom. The highest BCUT2D eigenvalue weighted by atomic mass is 19.1. The molecule has 1 aromatic heterocycles. The van der Waals surface area contributed by atoms with Crippen LogP contribution < -0.4 is 5.32 Å². The van der Waals surface area contributed by atoms with E-state index in [1.54, 1.807) is 18.2 Å². The Labute approximate surface area is 133 Å². The van der Waals surface area contributed by atoms with Crippen molar-refractivity contribution in [3.05, 3.63) is 71.7 Å². The number of nitrogens with one attached hydrogen (secondary N) is 1. The van der Waals surface area contributed by atoms with Crippen LogP contribution in [0.25, 0.3) is 10.9 Å². The quantitative estimate of drug-likeness (QED) is 0.774. The van der Waals surface area contributed by atoms with Crippen LogP contribution in [0.5, 0.6) is 0 Å². The van der Waals surface area contributed by atoms with E-state index >= 15 is 0 Å². The van der Waals surface area contributed by atoms with E-state index in [9.17, 15) is 9.18 Å². The van der Waals surface area contributed by atoms with Gasteiger partial charge in [-0.15, -0.1) is 0 Å². The molecular formula is C19H15FN2O. The summed E-state index contributed by atoms with van der Waals surface area (Å²) in [7, 11) is 0. The summed E-state index contributed by atoms with van der Waals surface area (Å²) in [4.78, 5) is 17.3. The molecule has 1 aliphatic carbocycles. The Bertz CT molecular complexity index is 903. The molecule has 114 valence electrons. The lowest BCUT2D eigenvalue weighted by atomic mass is 10.1. The monoisotopic (exact) mass is 306 g/mol. The van der Waals surface area contributed by atoms with Crippen LogP contribution in [0.4, 0.5) is 10.1 Å². The Kier molecular flexibility index (Phi) is 3.30. The second-order valence-electron chi connectivity index (χ2n) is 5.82. The van der Waals surface area contributed by atoms with Gasteiger partial charge in [0.1, 0.15) is 5.82 Å². The average molecular weight is 306 g/mol. The number of hydrogen-bond donors (Lipinski definition) is 1. The first-order valence-electron chi connectivity index (χ1n) is 7.68. The van der Waals surface area contributed by atoms with Crippen molar-refractivity contribution in [2.45, 2.75) is 18.8 Å². The van der Waals surface area contributed by atoms with Crippen LogP contribution in [0.15, 0.2) is 54.6 Å². The summed E-state index contributed by atoms with van der Waals surface area (Å²) < 4.78 is 13.8. The van der Waals surface area contributed by atoms with Crippen LogP contribution in [-0.4, -0.2) is 10.9 Å². The van der Waals surface area contributed by atoms with Crippen LogP contribution in [0.3, 0.4) is 0 Å². The number of carbonyl (C=O) groups is 1. The van der Waals surface area contributed by atoms with Crippen molar-refractivity contribution in [3.63, 3.8) is 0 Å². The number of halogens is 1. The van der Waals surface area contributed by atoms with Crippen LogP contribution in [0.2, 0.25) is 0 Å². The van der Waals surface area contributed by atoms with Gasteiger partial charge in [-0.25, -0.2) is 4.39 Å². The number of para-hydroxylation sites is 2. The summed E-state index contributed by atoms with van der Waals surface area (Å²) in [6, 6.07) is 15.6. The van der Waals surface area contributed by atoms with Gasteiger partial charge in [0.25, 0.3) is 5.91 Å². The smallest absolute Gasteiger partial charge is 0.256 e. The molecule has 23 heavy (non-hydrogen) atoms. The third-order valence-electron chi connectivity index (χ3n) is 4.10. The predicted octanol–water partition coefficient (Wildman–Crippen LogP) is 4.50. The molecule has 2 aromatic carbocycles. The molecule has 0 spiro atoms. The van der Waals surface area contributed by atoms with Crippen LogP contribution in [0, 0.1) is 5.82 Å². The minimum Gasteiger partial charge on any atom is -0.319 e. The molecule has 1 fully saturated rings. The number of aromatic nitrogens is 1. The van der Waals surface area contributed by atoms with Crippen LogP contribution in [0.1, 0.15) is 34.8 Å². The molecule has 4 heteroatoms. The topological polar surface area (TPSA) is 42.0 Å². The van der Waals surface area contributed by atoms with Crippen LogP contribution in [-0.2, 0) is 0 Å². The maximum Gasteiger partial charge on any atom is 0.256 e. The lowest BCUT2D eigenvalue weighted by Crippen LogP contribution is -2.14. The number of fused-ring (bicyclic) bond motifs is 1. The first-order valence-corrected chi connectivity index (χ1v) is 7.68. The van der Waals surface area contributed by atoms with Crippen molar-refractivity contribution < 1.29 is 9.18 Å². The van der Waals surface area contributed by atoms with Gasteiger partial charge in [-0.05, 0) is 37.1 Å². The van der Waals surface area contributed by atoms with Crippen molar-refractivity contribution in [2.75, 3.05) is 5.32 Å². The first kappa shape index (κ1) is 13.9. The first-order chi connectivity index (χ1) is 11.2. The zero-order valence-corrected chi connectivity index (χ0v) is 12.4. The maximum atomic E-state index is 13.8. The molecule has 3 nitrogen and oxygen atoms in total. The molecule has 1 heterocycles. The second-order valence-corrected chi connectivity index (χ2v) is 5.82. The summed E-state index contributed by atoms with van der Waals surface area (Å²) >= 11 is 0. The Hall–Kier alpha value is -2.75. The van der Waals surface area contributed by atoms with Crippen LogP contribution >= 0.6 is 0 Å². The maximum absolute atomic E-state index is 13.8. The summed E-state index contributed by atoms with van der Waals surface area (Å²) in [6.45, 7) is 0. The average Bonchev–Trinajstić information content (AvgIpc) is 3.41. The van der Waals surface area contributed by atoms with Gasteiger partial charge in [0.15, 0.2) is 0 Å². The molecule has 0 unspecified atom stereocenters. The lowest BCUT2D eigenvalue weighted by molar-refractivity contribution is 0.102. The fourth-order valence-electron chi connectivity index (χ4n) is 2.72. The van der Waals surface area contributed by atoms with E-state index in [0.29, 0.717) is 11.5 Å². The number of hydrogen-bond acceptors (Lipinski definition) is 2. The fraction of sp³-hybridized carbons (Fsp3) is 0.158. The number of carbonyl (C=O) groups excluding carboxylic acids is 1. The summed E-state index contributed by atoms with van der Waals surface area (Å²) in [5.41, 5.74) is 2.48. The van der Waals surface area contributed by atoms with Gasteiger partial charge in [-0.3, -0.25) is 9.78 Å². The zero-order valence-electron chi connectivity index (χ0n) is 12.4. The fourth-order valence-corrected chi connectivity index (χ4v) is 2.72. The number of nitrogens with zero attached hydrogens (tertiary/aromatic N) is 1. The highest BCUT2D eigenvalue weighted by Crippen LogP contribution is 2.40. The van der Waals surface area contributed by atoms with Gasteiger partial charge in [-0.2, -0.15) is 0 Å². The van der Waals surface area contributed by atoms with E-state index in [1.165, 1.54) is 6.07 Å². The Morgan fingerprint density at radius 1 is 1.09 bits per heavy atom. The molecule has 1 N–H and O–H groups in total. The molecule has 1 amide bonds. The largest absolute Gasteiger partial charge is 0.319 e. The summed E-state index contributed by atoms with van der Waals surface area (Å²) in [6.07, 6.45) is 2.22. The zero-order chi connectivity index (χ0) is 15.8. The van der Waals surface area contributed by atoms with Gasteiger partial charge in [-0.1, -0.05) is 30.3 Å². The van der Waals surface area contributed by atoms with Gasteiger partial charge in [0.05, 0.1) is 16.8 Å². The summed E-state index contributed by atoms with van der Waals surface area (Å²) in [5.74, 6) is -0.308. The molecule has 0 aliphatic heterocycles.